The van der Waals surface area contributed by atoms with Gasteiger partial charge in [0.05, 0.1) is 12.5 Å². The molecule has 0 radical (unpaired) electrons. The Morgan fingerprint density at radius 1 is 1.53 bits per heavy atom. The van der Waals surface area contributed by atoms with E-state index in [1.54, 1.807) is 6.07 Å². The molecule has 92 valence electrons. The third-order valence-corrected chi connectivity index (χ3v) is 2.66. The predicted molar refractivity (Wildman–Crippen MR) is 68.5 cm³/mol. The van der Waals surface area contributed by atoms with Crippen molar-refractivity contribution >= 4 is 11.6 Å². The standard InChI is InChI=1S/C12H19N5/c1-4-5-11-15-10(14)8-12(16-11)17(3)9(2)6-7-13/h8-9H,4-6H2,1-3H3,(H2,14,15,16). The Morgan fingerprint density at radius 2 is 2.24 bits per heavy atom. The summed E-state index contributed by atoms with van der Waals surface area (Å²) in [5.41, 5.74) is 5.76. The van der Waals surface area contributed by atoms with Gasteiger partial charge in [-0.15, -0.1) is 0 Å². The smallest absolute Gasteiger partial charge is 0.134 e. The number of nitrogen functional groups attached to an aromatic ring is 1. The number of hydrogen-bond donors (Lipinski definition) is 1. The first kappa shape index (κ1) is 13.2. The Kier molecular flexibility index (Phi) is 4.70. The van der Waals surface area contributed by atoms with Crippen LogP contribution in [0.4, 0.5) is 11.6 Å². The first-order valence-corrected chi connectivity index (χ1v) is 5.81. The molecule has 0 aliphatic heterocycles. The number of nitrogens with zero attached hydrogens (tertiary/aromatic N) is 4. The van der Waals surface area contributed by atoms with E-state index in [9.17, 15) is 0 Å². The minimum atomic E-state index is 0.115. The lowest BCUT2D eigenvalue weighted by molar-refractivity contribution is 0.688. The average molecular weight is 233 g/mol. The third-order valence-electron chi connectivity index (χ3n) is 2.66. The maximum Gasteiger partial charge on any atom is 0.134 e. The second kappa shape index (κ2) is 6.04. The summed E-state index contributed by atoms with van der Waals surface area (Å²) < 4.78 is 0. The predicted octanol–water partition coefficient (Wildman–Crippen LogP) is 1.75. The molecule has 0 bridgehead atoms. The van der Waals surface area contributed by atoms with Crippen molar-refractivity contribution in [3.8, 4) is 6.07 Å². The summed E-state index contributed by atoms with van der Waals surface area (Å²) in [5.74, 6) is 2.02. The Balaban J connectivity index is 2.93. The van der Waals surface area contributed by atoms with Crippen molar-refractivity contribution in [2.24, 2.45) is 0 Å². The lowest BCUT2D eigenvalue weighted by Gasteiger charge is -2.24. The molecule has 1 aromatic rings. The van der Waals surface area contributed by atoms with Crippen LogP contribution < -0.4 is 10.6 Å². The molecular formula is C12H19N5. The van der Waals surface area contributed by atoms with Crippen LogP contribution in [-0.4, -0.2) is 23.1 Å². The van der Waals surface area contributed by atoms with Crippen LogP contribution in [-0.2, 0) is 6.42 Å². The molecule has 1 atom stereocenters. The topological polar surface area (TPSA) is 78.8 Å². The number of rotatable bonds is 5. The zero-order valence-electron chi connectivity index (χ0n) is 10.6. The zero-order chi connectivity index (χ0) is 12.8. The van der Waals surface area contributed by atoms with Crippen molar-refractivity contribution in [2.45, 2.75) is 39.2 Å². The summed E-state index contributed by atoms with van der Waals surface area (Å²) in [7, 11) is 1.92. The summed E-state index contributed by atoms with van der Waals surface area (Å²) in [6.07, 6.45) is 2.27. The van der Waals surface area contributed by atoms with Gasteiger partial charge in [-0.2, -0.15) is 5.26 Å². The normalized spacial score (nSPS) is 11.9. The second-order valence-electron chi connectivity index (χ2n) is 4.14. The van der Waals surface area contributed by atoms with E-state index in [4.69, 9.17) is 11.0 Å². The van der Waals surface area contributed by atoms with Crippen molar-refractivity contribution in [1.82, 2.24) is 9.97 Å². The van der Waals surface area contributed by atoms with Crippen molar-refractivity contribution in [3.63, 3.8) is 0 Å². The number of aromatic nitrogens is 2. The molecule has 0 fully saturated rings. The fourth-order valence-corrected chi connectivity index (χ4v) is 1.51. The minimum absolute atomic E-state index is 0.115. The van der Waals surface area contributed by atoms with Gasteiger partial charge in [-0.05, 0) is 13.3 Å². The summed E-state index contributed by atoms with van der Waals surface area (Å²) in [6, 6.07) is 4.01. The first-order chi connectivity index (χ1) is 8.08. The molecule has 0 saturated heterocycles. The highest BCUT2D eigenvalue weighted by Crippen LogP contribution is 2.16. The molecule has 17 heavy (non-hydrogen) atoms. The Labute approximate surface area is 102 Å². The van der Waals surface area contributed by atoms with Crippen LogP contribution in [0.15, 0.2) is 6.07 Å². The summed E-state index contributed by atoms with van der Waals surface area (Å²) in [5, 5.41) is 8.69. The first-order valence-electron chi connectivity index (χ1n) is 5.81. The maximum absolute atomic E-state index is 8.69. The quantitative estimate of drug-likeness (QED) is 0.838. The van der Waals surface area contributed by atoms with Gasteiger partial charge in [0.25, 0.3) is 0 Å². The van der Waals surface area contributed by atoms with Crippen molar-refractivity contribution in [3.05, 3.63) is 11.9 Å². The van der Waals surface area contributed by atoms with E-state index in [-0.39, 0.29) is 6.04 Å². The van der Waals surface area contributed by atoms with Crippen molar-refractivity contribution in [2.75, 3.05) is 17.7 Å². The van der Waals surface area contributed by atoms with Gasteiger partial charge in [-0.1, -0.05) is 6.92 Å². The molecule has 1 heterocycles. The van der Waals surface area contributed by atoms with Crippen LogP contribution in [0, 0.1) is 11.3 Å². The van der Waals surface area contributed by atoms with Crippen LogP contribution in [0.5, 0.6) is 0 Å². The van der Waals surface area contributed by atoms with E-state index < -0.39 is 0 Å². The van der Waals surface area contributed by atoms with Crippen LogP contribution in [0.2, 0.25) is 0 Å². The van der Waals surface area contributed by atoms with Crippen molar-refractivity contribution in [1.29, 1.82) is 5.26 Å². The third kappa shape index (κ3) is 3.59. The number of nitriles is 1. The van der Waals surface area contributed by atoms with Gasteiger partial charge >= 0.3 is 0 Å². The van der Waals surface area contributed by atoms with Crippen molar-refractivity contribution < 1.29 is 0 Å². The van der Waals surface area contributed by atoms with Gasteiger partial charge in [-0.25, -0.2) is 9.97 Å². The van der Waals surface area contributed by atoms with Crippen LogP contribution >= 0.6 is 0 Å². The largest absolute Gasteiger partial charge is 0.384 e. The SMILES string of the molecule is CCCc1nc(N)cc(N(C)C(C)CC#N)n1. The van der Waals surface area contributed by atoms with Gasteiger partial charge in [0.1, 0.15) is 17.5 Å². The molecule has 0 saturated carbocycles. The van der Waals surface area contributed by atoms with Gasteiger partial charge < -0.3 is 10.6 Å². The number of anilines is 2. The molecule has 2 N–H and O–H groups in total. The van der Waals surface area contributed by atoms with E-state index in [0.717, 1.165) is 24.5 Å². The Bertz CT molecular complexity index is 410. The number of hydrogen-bond acceptors (Lipinski definition) is 5. The Morgan fingerprint density at radius 3 is 2.82 bits per heavy atom. The van der Waals surface area contributed by atoms with Crippen LogP contribution in [0.25, 0.3) is 0 Å². The molecule has 0 amide bonds. The maximum atomic E-state index is 8.69. The lowest BCUT2D eigenvalue weighted by Crippen LogP contribution is -2.29. The Hall–Kier alpha value is -1.83. The molecule has 0 aromatic carbocycles. The molecule has 1 unspecified atom stereocenters. The van der Waals surface area contributed by atoms with Gasteiger partial charge in [-0.3, -0.25) is 0 Å². The molecule has 5 heteroatoms. The molecular weight excluding hydrogens is 214 g/mol. The highest BCUT2D eigenvalue weighted by atomic mass is 15.2. The number of nitrogens with two attached hydrogens (primary N) is 1. The monoisotopic (exact) mass is 233 g/mol. The van der Waals surface area contributed by atoms with E-state index in [2.05, 4.69) is 23.0 Å². The molecule has 0 spiro atoms. The molecule has 1 aromatic heterocycles. The highest BCUT2D eigenvalue weighted by Gasteiger charge is 2.12. The lowest BCUT2D eigenvalue weighted by atomic mass is 10.2. The zero-order valence-corrected chi connectivity index (χ0v) is 10.6. The minimum Gasteiger partial charge on any atom is -0.384 e. The molecule has 5 nitrogen and oxygen atoms in total. The fraction of sp³-hybridized carbons (Fsp3) is 0.583. The highest BCUT2D eigenvalue weighted by molar-refractivity contribution is 5.47. The van der Waals surface area contributed by atoms with E-state index in [0.29, 0.717) is 12.2 Å². The average Bonchev–Trinajstić information content (AvgIpc) is 2.28. The molecule has 1 rings (SSSR count). The van der Waals surface area contributed by atoms with Crippen LogP contribution in [0.1, 0.15) is 32.5 Å². The second-order valence-corrected chi connectivity index (χ2v) is 4.14. The van der Waals surface area contributed by atoms with E-state index >= 15 is 0 Å². The van der Waals surface area contributed by atoms with E-state index in [1.165, 1.54) is 0 Å². The van der Waals surface area contributed by atoms with E-state index in [1.807, 2.05) is 18.9 Å². The van der Waals surface area contributed by atoms with Crippen LogP contribution in [0.3, 0.4) is 0 Å². The molecule has 0 aliphatic rings. The molecule has 0 aliphatic carbocycles. The van der Waals surface area contributed by atoms with Gasteiger partial charge in [0.2, 0.25) is 0 Å². The van der Waals surface area contributed by atoms with Gasteiger partial charge in [0, 0.05) is 25.6 Å². The number of aryl methyl sites for hydroxylation is 1. The summed E-state index contributed by atoms with van der Waals surface area (Å²) in [4.78, 5) is 10.6. The summed E-state index contributed by atoms with van der Waals surface area (Å²) in [6.45, 7) is 4.06. The van der Waals surface area contributed by atoms with Gasteiger partial charge in [0.15, 0.2) is 0 Å². The summed E-state index contributed by atoms with van der Waals surface area (Å²) >= 11 is 0. The fourth-order valence-electron chi connectivity index (χ4n) is 1.51.